The number of piperidine rings is 1. The molecule has 0 unspecified atom stereocenters. The zero-order chi connectivity index (χ0) is 20.4. The predicted molar refractivity (Wildman–Crippen MR) is 111 cm³/mol. The molecule has 0 saturated carbocycles. The molecule has 1 amide bonds. The topological polar surface area (TPSA) is 32.8 Å². The van der Waals surface area contributed by atoms with Crippen LogP contribution in [0.3, 0.4) is 0 Å². The van der Waals surface area contributed by atoms with E-state index in [4.69, 9.17) is 16.3 Å². The van der Waals surface area contributed by atoms with Gasteiger partial charge in [0.05, 0.1) is 5.02 Å². The number of benzene rings is 2. The van der Waals surface area contributed by atoms with E-state index in [1.54, 1.807) is 12.1 Å². The summed E-state index contributed by atoms with van der Waals surface area (Å²) in [5.74, 6) is 0.626. The van der Waals surface area contributed by atoms with E-state index in [-0.39, 0.29) is 23.9 Å². The van der Waals surface area contributed by atoms with E-state index < -0.39 is 0 Å². The Hall–Kier alpha value is -2.11. The fourth-order valence-corrected chi connectivity index (χ4v) is 4.69. The van der Waals surface area contributed by atoms with Gasteiger partial charge in [0.25, 0.3) is 0 Å². The highest BCUT2D eigenvalue weighted by Crippen LogP contribution is 2.38. The average molecular weight is 417 g/mol. The van der Waals surface area contributed by atoms with Crippen LogP contribution in [0.5, 0.6) is 5.75 Å². The molecule has 2 aliphatic heterocycles. The summed E-state index contributed by atoms with van der Waals surface area (Å²) in [6.07, 6.45) is 3.72. The third kappa shape index (κ3) is 4.26. The lowest BCUT2D eigenvalue weighted by Gasteiger charge is -2.43. The first-order chi connectivity index (χ1) is 14.0. The summed E-state index contributed by atoms with van der Waals surface area (Å²) >= 11 is 6.08. The molecular formula is C23H26ClFN2O2. The maximum Gasteiger partial charge on any atom is 0.222 e. The van der Waals surface area contributed by atoms with Crippen LogP contribution in [0.15, 0.2) is 42.5 Å². The number of hydrogen-bond acceptors (Lipinski definition) is 3. The van der Waals surface area contributed by atoms with Crippen LogP contribution in [-0.4, -0.2) is 41.4 Å². The molecule has 6 heteroatoms. The van der Waals surface area contributed by atoms with Gasteiger partial charge >= 0.3 is 0 Å². The summed E-state index contributed by atoms with van der Waals surface area (Å²) in [6.45, 7) is 2.90. The number of carbonyl (C=O) groups excluding carboxylic acids is 1. The maximum atomic E-state index is 13.9. The molecule has 0 radical (unpaired) electrons. The van der Waals surface area contributed by atoms with Crippen LogP contribution in [-0.2, 0) is 17.9 Å². The molecule has 4 rings (SSSR count). The number of likely N-dealkylation sites (tertiary alicyclic amines) is 2. The Bertz CT molecular complexity index is 876. The van der Waals surface area contributed by atoms with Gasteiger partial charge in [-0.2, -0.15) is 0 Å². The molecule has 2 fully saturated rings. The van der Waals surface area contributed by atoms with Crippen molar-refractivity contribution >= 4 is 17.5 Å². The first-order valence-corrected chi connectivity index (χ1v) is 10.5. The zero-order valence-electron chi connectivity index (χ0n) is 16.7. The van der Waals surface area contributed by atoms with E-state index >= 15 is 0 Å². The summed E-state index contributed by atoms with van der Waals surface area (Å²) in [5.41, 5.74) is 1.60. The largest absolute Gasteiger partial charge is 0.489 e. The fraction of sp³-hybridized carbons (Fsp3) is 0.435. The van der Waals surface area contributed by atoms with Crippen molar-refractivity contribution in [3.63, 3.8) is 0 Å². The van der Waals surface area contributed by atoms with Crippen LogP contribution in [0.4, 0.5) is 4.39 Å². The van der Waals surface area contributed by atoms with E-state index in [1.807, 2.05) is 30.1 Å². The standard InChI is InChI=1S/C23H26ClFN2O2/c1-26-22(28)8-9-23(26)10-12-27(13-11-23)15-17-4-2-5-18(14-17)29-16-19-20(24)6-3-7-21(19)25/h2-7,14H,8-13,15-16H2,1H3. The highest BCUT2D eigenvalue weighted by atomic mass is 35.5. The Morgan fingerprint density at radius 1 is 1.14 bits per heavy atom. The summed E-state index contributed by atoms with van der Waals surface area (Å²) in [5, 5.41) is 0.374. The fourth-order valence-electron chi connectivity index (χ4n) is 4.47. The molecule has 29 heavy (non-hydrogen) atoms. The number of hydrogen-bond donors (Lipinski definition) is 0. The first-order valence-electron chi connectivity index (χ1n) is 10.1. The minimum Gasteiger partial charge on any atom is -0.489 e. The monoisotopic (exact) mass is 416 g/mol. The number of amides is 1. The van der Waals surface area contributed by atoms with Crippen molar-refractivity contribution in [3.05, 3.63) is 64.4 Å². The van der Waals surface area contributed by atoms with Crippen molar-refractivity contribution in [2.75, 3.05) is 20.1 Å². The van der Waals surface area contributed by atoms with Gasteiger partial charge in [0.1, 0.15) is 18.2 Å². The van der Waals surface area contributed by atoms with E-state index in [0.717, 1.165) is 44.5 Å². The molecule has 0 bridgehead atoms. The third-order valence-corrected chi connectivity index (χ3v) is 6.78. The van der Waals surface area contributed by atoms with E-state index in [2.05, 4.69) is 11.0 Å². The number of carbonyl (C=O) groups is 1. The second kappa shape index (κ2) is 8.33. The first kappa shape index (κ1) is 20.2. The Morgan fingerprint density at radius 3 is 2.59 bits per heavy atom. The Kier molecular flexibility index (Phi) is 5.79. The van der Waals surface area contributed by atoms with Gasteiger partial charge in [-0.25, -0.2) is 4.39 Å². The highest BCUT2D eigenvalue weighted by molar-refractivity contribution is 6.31. The van der Waals surface area contributed by atoms with Gasteiger partial charge < -0.3 is 9.64 Å². The quantitative estimate of drug-likeness (QED) is 0.711. The molecule has 2 aromatic carbocycles. The van der Waals surface area contributed by atoms with Crippen LogP contribution in [0.25, 0.3) is 0 Å². The minimum absolute atomic E-state index is 0.0670. The van der Waals surface area contributed by atoms with Crippen molar-refractivity contribution in [1.29, 1.82) is 0 Å². The van der Waals surface area contributed by atoms with Gasteiger partial charge in [-0.3, -0.25) is 9.69 Å². The Morgan fingerprint density at radius 2 is 1.90 bits per heavy atom. The molecule has 2 saturated heterocycles. The second-order valence-corrected chi connectivity index (χ2v) is 8.50. The number of halogens is 2. The van der Waals surface area contributed by atoms with E-state index in [0.29, 0.717) is 22.8 Å². The lowest BCUT2D eigenvalue weighted by molar-refractivity contribution is -0.130. The normalized spacial score (nSPS) is 19.1. The molecule has 1 spiro atoms. The molecule has 0 atom stereocenters. The molecule has 0 aliphatic carbocycles. The van der Waals surface area contributed by atoms with Crippen LogP contribution in [0.2, 0.25) is 5.02 Å². The predicted octanol–water partition coefficient (Wildman–Crippen LogP) is 4.64. The molecule has 4 nitrogen and oxygen atoms in total. The highest BCUT2D eigenvalue weighted by Gasteiger charge is 2.44. The zero-order valence-corrected chi connectivity index (χ0v) is 17.4. The maximum absolute atomic E-state index is 13.9. The number of nitrogens with zero attached hydrogens (tertiary/aromatic N) is 2. The van der Waals surface area contributed by atoms with Gasteiger partial charge in [0.2, 0.25) is 5.91 Å². The van der Waals surface area contributed by atoms with Crippen molar-refractivity contribution in [2.45, 2.75) is 44.4 Å². The molecular weight excluding hydrogens is 391 g/mol. The van der Waals surface area contributed by atoms with Crippen molar-refractivity contribution in [3.8, 4) is 5.75 Å². The third-order valence-electron chi connectivity index (χ3n) is 6.43. The van der Waals surface area contributed by atoms with Gasteiger partial charge in [-0.1, -0.05) is 29.8 Å². The van der Waals surface area contributed by atoms with Crippen LogP contribution in [0, 0.1) is 5.82 Å². The van der Waals surface area contributed by atoms with Gasteiger partial charge in [0, 0.05) is 44.2 Å². The van der Waals surface area contributed by atoms with Crippen molar-refractivity contribution in [1.82, 2.24) is 9.80 Å². The van der Waals surface area contributed by atoms with Gasteiger partial charge in [-0.15, -0.1) is 0 Å². The average Bonchev–Trinajstić information content (AvgIpc) is 2.98. The summed E-state index contributed by atoms with van der Waals surface area (Å²) in [4.78, 5) is 16.3. The van der Waals surface area contributed by atoms with E-state index in [1.165, 1.54) is 6.07 Å². The molecule has 2 heterocycles. The van der Waals surface area contributed by atoms with Crippen LogP contribution >= 0.6 is 11.6 Å². The lowest BCUT2D eigenvalue weighted by atomic mass is 9.85. The summed E-state index contributed by atoms with van der Waals surface area (Å²) in [7, 11) is 1.95. The molecule has 154 valence electrons. The molecule has 2 aromatic rings. The summed E-state index contributed by atoms with van der Waals surface area (Å²) in [6, 6.07) is 12.6. The van der Waals surface area contributed by atoms with Crippen molar-refractivity contribution in [2.24, 2.45) is 0 Å². The Balaban J connectivity index is 1.34. The number of ether oxygens (including phenoxy) is 1. The van der Waals surface area contributed by atoms with E-state index in [9.17, 15) is 9.18 Å². The van der Waals surface area contributed by atoms with Crippen molar-refractivity contribution < 1.29 is 13.9 Å². The lowest BCUT2D eigenvalue weighted by Crippen LogP contribution is -2.51. The molecule has 2 aliphatic rings. The summed E-state index contributed by atoms with van der Waals surface area (Å²) < 4.78 is 19.7. The Labute approximate surface area is 176 Å². The second-order valence-electron chi connectivity index (χ2n) is 8.09. The molecule has 0 aromatic heterocycles. The molecule has 0 N–H and O–H groups in total. The van der Waals surface area contributed by atoms with Gasteiger partial charge in [0.15, 0.2) is 0 Å². The minimum atomic E-state index is -0.355. The number of rotatable bonds is 5. The van der Waals surface area contributed by atoms with Gasteiger partial charge in [-0.05, 0) is 49.1 Å². The van der Waals surface area contributed by atoms with Crippen LogP contribution in [0.1, 0.15) is 36.8 Å². The smallest absolute Gasteiger partial charge is 0.222 e. The SMILES string of the molecule is CN1C(=O)CCC12CCN(Cc1cccc(OCc3c(F)cccc3Cl)c1)CC2. The van der Waals surface area contributed by atoms with Crippen LogP contribution < -0.4 is 4.74 Å².